The molecule has 3 rings (SSSR count). The minimum Gasteiger partial charge on any atom is -0.300 e. The highest BCUT2D eigenvalue weighted by molar-refractivity contribution is 7.71. The fraction of sp³-hybridized carbons (Fsp3) is 0.312. The number of hydrogen-bond acceptors (Lipinski definition) is 5. The van der Waals surface area contributed by atoms with E-state index in [1.54, 1.807) is 23.7 Å². The maximum atomic E-state index is 6.00. The summed E-state index contributed by atoms with van der Waals surface area (Å²) in [5.41, 5.74) is 1.02. The van der Waals surface area contributed by atoms with Gasteiger partial charge in [-0.05, 0) is 50.5 Å². The second kappa shape index (κ2) is 7.57. The molecule has 0 aromatic carbocycles. The summed E-state index contributed by atoms with van der Waals surface area (Å²) in [7, 11) is 2.05. The lowest BCUT2D eigenvalue weighted by molar-refractivity contribution is 0.246. The molecular weight excluding hydrogens is 362 g/mol. The Hall–Kier alpha value is -1.54. The fourth-order valence-corrected chi connectivity index (χ4v) is 4.00. The van der Waals surface area contributed by atoms with Crippen LogP contribution in [-0.4, -0.2) is 31.3 Å². The lowest BCUT2D eigenvalue weighted by Gasteiger charge is -2.15. The van der Waals surface area contributed by atoms with E-state index in [1.165, 1.54) is 4.88 Å². The van der Waals surface area contributed by atoms with Gasteiger partial charge in [-0.25, -0.2) is 4.68 Å². The van der Waals surface area contributed by atoms with Crippen LogP contribution in [0.2, 0.25) is 4.34 Å². The number of aromatic nitrogens is 4. The molecule has 3 aromatic rings. The van der Waals surface area contributed by atoms with Crippen LogP contribution in [0.5, 0.6) is 0 Å². The monoisotopic (exact) mass is 379 g/mol. The van der Waals surface area contributed by atoms with Crippen molar-refractivity contribution in [2.24, 2.45) is 0 Å². The van der Waals surface area contributed by atoms with Gasteiger partial charge in [0.2, 0.25) is 0 Å². The van der Waals surface area contributed by atoms with Gasteiger partial charge in [0, 0.05) is 35.9 Å². The molecule has 24 heavy (non-hydrogen) atoms. The quantitative estimate of drug-likeness (QED) is 0.598. The molecule has 0 atom stereocenters. The lowest BCUT2D eigenvalue weighted by Crippen LogP contribution is -2.22. The lowest BCUT2D eigenvalue weighted by atomic mass is 10.2. The number of pyridine rings is 1. The Bertz CT molecular complexity index is 868. The van der Waals surface area contributed by atoms with E-state index in [1.807, 2.05) is 34.5 Å². The van der Waals surface area contributed by atoms with E-state index in [4.69, 9.17) is 28.9 Å². The van der Waals surface area contributed by atoms with Crippen LogP contribution in [0, 0.1) is 4.77 Å². The van der Waals surface area contributed by atoms with E-state index in [2.05, 4.69) is 22.9 Å². The third-order valence-electron chi connectivity index (χ3n) is 3.61. The first-order valence-electron chi connectivity index (χ1n) is 7.59. The third kappa shape index (κ3) is 3.75. The second-order valence-corrected chi connectivity index (χ2v) is 7.61. The maximum Gasteiger partial charge on any atom is 0.199 e. The summed E-state index contributed by atoms with van der Waals surface area (Å²) in [5, 5.41) is 4.72. The van der Waals surface area contributed by atoms with E-state index in [0.717, 1.165) is 33.6 Å². The minimum absolute atomic E-state index is 0.624. The van der Waals surface area contributed by atoms with E-state index in [-0.39, 0.29) is 0 Å². The molecule has 0 aliphatic rings. The predicted molar refractivity (Wildman–Crippen MR) is 101 cm³/mol. The van der Waals surface area contributed by atoms with Crippen molar-refractivity contribution in [2.75, 3.05) is 7.05 Å². The van der Waals surface area contributed by atoms with Gasteiger partial charge in [0.15, 0.2) is 10.6 Å². The molecule has 0 saturated carbocycles. The Kier molecular flexibility index (Phi) is 5.45. The highest BCUT2D eigenvalue weighted by atomic mass is 35.5. The van der Waals surface area contributed by atoms with E-state index < -0.39 is 0 Å². The summed E-state index contributed by atoms with van der Waals surface area (Å²) in [6, 6.07) is 7.88. The van der Waals surface area contributed by atoms with Crippen molar-refractivity contribution in [3.05, 3.63) is 50.6 Å². The van der Waals surface area contributed by atoms with Crippen LogP contribution in [0.1, 0.15) is 11.8 Å². The van der Waals surface area contributed by atoms with Crippen molar-refractivity contribution in [1.29, 1.82) is 0 Å². The number of halogens is 1. The Balaban J connectivity index is 1.83. The SMILES string of the molecule is CCn1c(-c2ccncc2)nn(CN(C)Cc2ccc(Cl)s2)c1=S. The van der Waals surface area contributed by atoms with Gasteiger partial charge in [-0.2, -0.15) is 5.10 Å². The van der Waals surface area contributed by atoms with Gasteiger partial charge < -0.3 is 4.57 Å². The van der Waals surface area contributed by atoms with Crippen molar-refractivity contribution in [2.45, 2.75) is 26.7 Å². The molecule has 0 N–H and O–H groups in total. The zero-order valence-corrected chi connectivity index (χ0v) is 15.9. The van der Waals surface area contributed by atoms with Gasteiger partial charge >= 0.3 is 0 Å². The summed E-state index contributed by atoms with van der Waals surface area (Å²) < 4.78 is 5.44. The number of nitrogens with zero attached hydrogens (tertiary/aromatic N) is 5. The summed E-state index contributed by atoms with van der Waals surface area (Å²) in [4.78, 5) is 7.45. The molecular formula is C16H18ClN5S2. The van der Waals surface area contributed by atoms with Crippen LogP contribution >= 0.6 is 35.2 Å². The van der Waals surface area contributed by atoms with Crippen molar-refractivity contribution < 1.29 is 0 Å². The molecule has 0 bridgehead atoms. The molecule has 0 spiro atoms. The predicted octanol–water partition coefficient (Wildman–Crippen LogP) is 4.30. The summed E-state index contributed by atoms with van der Waals surface area (Å²) in [6.45, 7) is 4.28. The minimum atomic E-state index is 0.624. The zero-order valence-electron chi connectivity index (χ0n) is 13.5. The van der Waals surface area contributed by atoms with Crippen LogP contribution in [0.25, 0.3) is 11.4 Å². The highest BCUT2D eigenvalue weighted by Crippen LogP contribution is 2.23. The molecule has 0 unspecified atom stereocenters. The first-order valence-corrected chi connectivity index (χ1v) is 9.19. The molecule has 3 aromatic heterocycles. The van der Waals surface area contributed by atoms with Gasteiger partial charge in [-0.3, -0.25) is 9.88 Å². The van der Waals surface area contributed by atoms with Gasteiger partial charge in [-0.15, -0.1) is 11.3 Å². The second-order valence-electron chi connectivity index (χ2n) is 5.45. The summed E-state index contributed by atoms with van der Waals surface area (Å²) in [5.74, 6) is 0.873. The maximum absolute atomic E-state index is 6.00. The van der Waals surface area contributed by atoms with Crippen LogP contribution in [0.15, 0.2) is 36.7 Å². The Morgan fingerprint density at radius 3 is 2.62 bits per heavy atom. The molecule has 8 heteroatoms. The topological polar surface area (TPSA) is 38.9 Å². The normalized spacial score (nSPS) is 11.3. The van der Waals surface area contributed by atoms with Gasteiger partial charge in [-0.1, -0.05) is 11.6 Å². The third-order valence-corrected chi connectivity index (χ3v) is 5.25. The van der Waals surface area contributed by atoms with Crippen LogP contribution in [0.4, 0.5) is 0 Å². The van der Waals surface area contributed by atoms with Gasteiger partial charge in [0.1, 0.15) is 0 Å². The van der Waals surface area contributed by atoms with Crippen molar-refractivity contribution >= 4 is 35.2 Å². The van der Waals surface area contributed by atoms with E-state index >= 15 is 0 Å². The largest absolute Gasteiger partial charge is 0.300 e. The zero-order chi connectivity index (χ0) is 17.1. The van der Waals surface area contributed by atoms with Gasteiger partial charge in [0.05, 0.1) is 11.0 Å². The molecule has 0 aliphatic heterocycles. The van der Waals surface area contributed by atoms with E-state index in [0.29, 0.717) is 6.67 Å². The van der Waals surface area contributed by atoms with Crippen LogP contribution < -0.4 is 0 Å². The molecule has 0 fully saturated rings. The average Bonchev–Trinajstić information content (AvgIpc) is 3.12. The number of thiophene rings is 1. The first kappa shape index (κ1) is 17.3. The Morgan fingerprint density at radius 2 is 2.00 bits per heavy atom. The summed E-state index contributed by atoms with van der Waals surface area (Å²) >= 11 is 13.2. The Labute approximate surface area is 155 Å². The van der Waals surface area contributed by atoms with Crippen LogP contribution in [-0.2, 0) is 19.8 Å². The molecule has 3 heterocycles. The molecule has 0 amide bonds. The van der Waals surface area contributed by atoms with Crippen LogP contribution in [0.3, 0.4) is 0 Å². The molecule has 126 valence electrons. The van der Waals surface area contributed by atoms with Crippen molar-refractivity contribution in [3.63, 3.8) is 0 Å². The average molecular weight is 380 g/mol. The molecule has 0 saturated heterocycles. The summed E-state index contributed by atoms with van der Waals surface area (Å²) in [6.07, 6.45) is 3.54. The molecule has 0 radical (unpaired) electrons. The number of rotatable bonds is 6. The molecule has 5 nitrogen and oxygen atoms in total. The standard InChI is InChI=1S/C16H18ClN5S2/c1-3-21-15(12-6-8-18-9-7-12)19-22(16(21)23)11-20(2)10-13-4-5-14(17)24-13/h4-9H,3,10-11H2,1-2H3. The first-order chi connectivity index (χ1) is 11.6. The number of hydrogen-bond donors (Lipinski definition) is 0. The van der Waals surface area contributed by atoms with Crippen molar-refractivity contribution in [3.8, 4) is 11.4 Å². The van der Waals surface area contributed by atoms with Gasteiger partial charge in [0.25, 0.3) is 0 Å². The smallest absolute Gasteiger partial charge is 0.199 e. The van der Waals surface area contributed by atoms with E-state index in [9.17, 15) is 0 Å². The highest BCUT2D eigenvalue weighted by Gasteiger charge is 2.13. The Morgan fingerprint density at radius 1 is 1.25 bits per heavy atom. The van der Waals surface area contributed by atoms with Crippen molar-refractivity contribution in [1.82, 2.24) is 24.2 Å². The fourth-order valence-electron chi connectivity index (χ4n) is 2.51. The molecule has 0 aliphatic carbocycles.